The fourth-order valence-electron chi connectivity index (χ4n) is 1.82. The van der Waals surface area contributed by atoms with E-state index in [1.165, 1.54) is 25.3 Å². The molecule has 6 nitrogen and oxygen atoms in total. The number of hydrogen-bond acceptors (Lipinski definition) is 4. The Morgan fingerprint density at radius 2 is 2.04 bits per heavy atom. The van der Waals surface area contributed by atoms with Gasteiger partial charge in [-0.1, -0.05) is 18.2 Å². The van der Waals surface area contributed by atoms with Crippen LogP contribution in [-0.2, 0) is 21.4 Å². The van der Waals surface area contributed by atoms with Crippen molar-refractivity contribution in [1.82, 2.24) is 15.0 Å². The highest BCUT2D eigenvalue weighted by Crippen LogP contribution is 2.10. The van der Waals surface area contributed by atoms with Crippen molar-refractivity contribution in [3.63, 3.8) is 0 Å². The zero-order valence-corrected chi connectivity index (χ0v) is 13.4. The molecule has 2 N–H and O–H groups in total. The molecule has 0 saturated heterocycles. The molecule has 2 rings (SSSR count). The molecule has 0 radical (unpaired) electrons. The minimum Gasteiger partial charge on any atom is -0.348 e. The van der Waals surface area contributed by atoms with Crippen molar-refractivity contribution in [1.29, 1.82) is 0 Å². The third-order valence-electron chi connectivity index (χ3n) is 3.04. The van der Waals surface area contributed by atoms with Crippen LogP contribution in [-0.4, -0.2) is 26.4 Å². The molecule has 0 fully saturated rings. The van der Waals surface area contributed by atoms with E-state index in [2.05, 4.69) is 15.0 Å². The second kappa shape index (κ2) is 7.66. The van der Waals surface area contributed by atoms with Gasteiger partial charge in [-0.15, -0.1) is 0 Å². The molecule has 0 aliphatic carbocycles. The van der Waals surface area contributed by atoms with Crippen molar-refractivity contribution in [3.05, 3.63) is 66.0 Å². The maximum absolute atomic E-state index is 11.8. The molecular formula is C16H17N3O3S. The van der Waals surface area contributed by atoms with E-state index in [9.17, 15) is 13.2 Å². The number of nitrogens with zero attached hydrogens (tertiary/aromatic N) is 1. The summed E-state index contributed by atoms with van der Waals surface area (Å²) in [6, 6.07) is 11.8. The summed E-state index contributed by atoms with van der Waals surface area (Å²) < 4.78 is 25.7. The first kappa shape index (κ1) is 16.9. The number of hydrogen-bond donors (Lipinski definition) is 2. The van der Waals surface area contributed by atoms with E-state index in [0.717, 1.165) is 0 Å². The molecule has 2 aromatic rings. The summed E-state index contributed by atoms with van der Waals surface area (Å²) in [4.78, 5) is 16.0. The monoisotopic (exact) mass is 331 g/mol. The quantitative estimate of drug-likeness (QED) is 0.782. The normalized spacial score (nSPS) is 11.5. The van der Waals surface area contributed by atoms with E-state index in [1.54, 1.807) is 36.5 Å². The summed E-state index contributed by atoms with van der Waals surface area (Å²) in [6.07, 6.45) is 4.64. The predicted octanol–water partition coefficient (Wildman–Crippen LogP) is 1.32. The fraction of sp³-hybridized carbons (Fsp3) is 0.125. The van der Waals surface area contributed by atoms with Crippen molar-refractivity contribution in [3.8, 4) is 0 Å². The Morgan fingerprint density at radius 3 is 2.74 bits per heavy atom. The average Bonchev–Trinajstić information content (AvgIpc) is 2.59. The van der Waals surface area contributed by atoms with Gasteiger partial charge in [0.25, 0.3) is 0 Å². The number of aromatic nitrogens is 1. The van der Waals surface area contributed by atoms with Crippen molar-refractivity contribution < 1.29 is 13.2 Å². The van der Waals surface area contributed by atoms with E-state index in [4.69, 9.17) is 0 Å². The highest BCUT2D eigenvalue weighted by atomic mass is 32.2. The van der Waals surface area contributed by atoms with Gasteiger partial charge in [0, 0.05) is 18.8 Å². The maximum Gasteiger partial charge on any atom is 0.244 e. The summed E-state index contributed by atoms with van der Waals surface area (Å²) in [5.41, 5.74) is 1.38. The van der Waals surface area contributed by atoms with Gasteiger partial charge in [0.1, 0.15) is 0 Å². The van der Waals surface area contributed by atoms with Gasteiger partial charge in [0.15, 0.2) is 0 Å². The van der Waals surface area contributed by atoms with Gasteiger partial charge >= 0.3 is 0 Å². The fourth-order valence-corrected chi connectivity index (χ4v) is 2.62. The van der Waals surface area contributed by atoms with E-state index >= 15 is 0 Å². The molecule has 0 aliphatic rings. The molecule has 0 bridgehead atoms. The standard InChI is InChI=1S/C16H17N3O3S/c1-17-23(21,22)15-7-4-5-13(11-15)12-19-16(20)9-8-14-6-2-3-10-18-14/h2-11,17H,12H2,1H3,(H,19,20)/b9-8+. The Bertz CT molecular complexity index is 802. The van der Waals surface area contributed by atoms with E-state index in [-0.39, 0.29) is 17.3 Å². The summed E-state index contributed by atoms with van der Waals surface area (Å²) in [7, 11) is -2.14. The number of rotatable bonds is 6. The SMILES string of the molecule is CNS(=O)(=O)c1cccc(CNC(=O)/C=C/c2ccccn2)c1. The van der Waals surface area contributed by atoms with E-state index in [0.29, 0.717) is 11.3 Å². The number of carbonyl (C=O) groups excluding carboxylic acids is 1. The van der Waals surface area contributed by atoms with Crippen molar-refractivity contribution in [2.24, 2.45) is 0 Å². The zero-order chi connectivity index (χ0) is 16.7. The minimum absolute atomic E-state index is 0.163. The molecule has 0 aliphatic heterocycles. The van der Waals surface area contributed by atoms with Crippen LogP contribution in [0.5, 0.6) is 0 Å². The second-order valence-corrected chi connectivity index (χ2v) is 6.55. The maximum atomic E-state index is 11.8. The Kier molecular flexibility index (Phi) is 5.61. The van der Waals surface area contributed by atoms with Gasteiger partial charge in [-0.05, 0) is 43.0 Å². The highest BCUT2D eigenvalue weighted by Gasteiger charge is 2.11. The number of benzene rings is 1. The van der Waals surface area contributed by atoms with Crippen LogP contribution in [0.25, 0.3) is 6.08 Å². The van der Waals surface area contributed by atoms with Gasteiger partial charge in [-0.2, -0.15) is 0 Å². The lowest BCUT2D eigenvalue weighted by Gasteiger charge is -2.06. The predicted molar refractivity (Wildman–Crippen MR) is 87.8 cm³/mol. The highest BCUT2D eigenvalue weighted by molar-refractivity contribution is 7.89. The Hall–Kier alpha value is -2.51. The van der Waals surface area contributed by atoms with Crippen molar-refractivity contribution in [2.75, 3.05) is 7.05 Å². The van der Waals surface area contributed by atoms with Crippen molar-refractivity contribution in [2.45, 2.75) is 11.4 Å². The number of sulfonamides is 1. The molecule has 0 saturated carbocycles. The number of amides is 1. The Morgan fingerprint density at radius 1 is 1.22 bits per heavy atom. The smallest absolute Gasteiger partial charge is 0.244 e. The largest absolute Gasteiger partial charge is 0.348 e. The van der Waals surface area contributed by atoms with Crippen molar-refractivity contribution >= 4 is 22.0 Å². The van der Waals surface area contributed by atoms with Gasteiger partial charge < -0.3 is 5.32 Å². The van der Waals surface area contributed by atoms with Gasteiger partial charge in [-0.25, -0.2) is 13.1 Å². The first-order chi connectivity index (χ1) is 11.0. The van der Waals surface area contributed by atoms with Gasteiger partial charge in [0.05, 0.1) is 10.6 Å². The van der Waals surface area contributed by atoms with Crippen LogP contribution in [0.3, 0.4) is 0 Å². The summed E-state index contributed by atoms with van der Waals surface area (Å²) in [6.45, 7) is 0.235. The summed E-state index contributed by atoms with van der Waals surface area (Å²) in [5.74, 6) is -0.280. The third-order valence-corrected chi connectivity index (χ3v) is 4.45. The molecule has 0 unspecified atom stereocenters. The van der Waals surface area contributed by atoms with E-state index < -0.39 is 10.0 Å². The molecule has 0 atom stereocenters. The van der Waals surface area contributed by atoms with Crippen LogP contribution < -0.4 is 10.0 Å². The summed E-state index contributed by atoms with van der Waals surface area (Å²) in [5, 5.41) is 2.70. The molecule has 0 spiro atoms. The second-order valence-electron chi connectivity index (χ2n) is 4.66. The topological polar surface area (TPSA) is 88.2 Å². The van der Waals surface area contributed by atoms with Gasteiger partial charge in [0.2, 0.25) is 15.9 Å². The first-order valence-electron chi connectivity index (χ1n) is 6.91. The average molecular weight is 331 g/mol. The van der Waals surface area contributed by atoms with Crippen LogP contribution >= 0.6 is 0 Å². The molecule has 23 heavy (non-hydrogen) atoms. The lowest BCUT2D eigenvalue weighted by atomic mass is 10.2. The number of pyridine rings is 1. The molecule has 1 heterocycles. The molecule has 1 amide bonds. The summed E-state index contributed by atoms with van der Waals surface area (Å²) >= 11 is 0. The lowest BCUT2D eigenvalue weighted by Crippen LogP contribution is -2.21. The van der Waals surface area contributed by atoms with E-state index in [1.807, 2.05) is 6.07 Å². The number of carbonyl (C=O) groups is 1. The molecule has 120 valence electrons. The van der Waals surface area contributed by atoms with Crippen LogP contribution in [0, 0.1) is 0 Å². The first-order valence-corrected chi connectivity index (χ1v) is 8.39. The Balaban J connectivity index is 1.97. The van der Waals surface area contributed by atoms with Crippen LogP contribution in [0.2, 0.25) is 0 Å². The molecule has 7 heteroatoms. The minimum atomic E-state index is -3.49. The van der Waals surface area contributed by atoms with Crippen LogP contribution in [0.1, 0.15) is 11.3 Å². The Labute approximate surface area is 135 Å². The van der Waals surface area contributed by atoms with Crippen LogP contribution in [0.4, 0.5) is 0 Å². The lowest BCUT2D eigenvalue weighted by molar-refractivity contribution is -0.116. The third kappa shape index (κ3) is 5.01. The van der Waals surface area contributed by atoms with Gasteiger partial charge in [-0.3, -0.25) is 9.78 Å². The molecular weight excluding hydrogens is 314 g/mol. The van der Waals surface area contributed by atoms with Crippen LogP contribution in [0.15, 0.2) is 59.6 Å². The molecule has 1 aromatic carbocycles. The zero-order valence-electron chi connectivity index (χ0n) is 12.6. The number of nitrogens with one attached hydrogen (secondary N) is 2. The molecule has 1 aromatic heterocycles.